The first-order valence-corrected chi connectivity index (χ1v) is 4.54. The van der Waals surface area contributed by atoms with Gasteiger partial charge in [0.25, 0.3) is 0 Å². The number of rotatable bonds is 0. The molecule has 0 atom stereocenters. The Morgan fingerprint density at radius 2 is 1.67 bits per heavy atom. The van der Waals surface area contributed by atoms with Crippen LogP contribution in [-0.4, -0.2) is 26.0 Å². The van der Waals surface area contributed by atoms with E-state index in [0.29, 0.717) is 0 Å². The van der Waals surface area contributed by atoms with Gasteiger partial charge in [-0.15, -0.1) is 24.8 Å². The molecule has 71 valence electrons. The van der Waals surface area contributed by atoms with Gasteiger partial charge in [-0.2, -0.15) is 0 Å². The Hall–Kier alpha value is 0.903. The summed E-state index contributed by atoms with van der Waals surface area (Å²) in [6, 6.07) is 0. The summed E-state index contributed by atoms with van der Waals surface area (Å²) in [6.45, 7) is 0. The molecule has 0 aromatic rings. The SMILES string of the molecule is CN(C)C.Cl.Cl.[Zr][C]1=CC=CC1. The van der Waals surface area contributed by atoms with Crippen LogP contribution in [-0.2, 0) is 24.7 Å². The van der Waals surface area contributed by atoms with Crippen molar-refractivity contribution in [3.05, 3.63) is 21.5 Å². The Morgan fingerprint density at radius 1 is 1.25 bits per heavy atom. The third kappa shape index (κ3) is 17.1. The molecule has 12 heavy (non-hydrogen) atoms. The molecule has 0 fully saturated rings. The van der Waals surface area contributed by atoms with E-state index in [9.17, 15) is 0 Å². The predicted octanol–water partition coefficient (Wildman–Crippen LogP) is 2.40. The van der Waals surface area contributed by atoms with E-state index < -0.39 is 0 Å². The fourth-order valence-corrected chi connectivity index (χ4v) is 0.973. The maximum absolute atomic E-state index is 2.18. The standard InChI is InChI=1S/C5H5.C3H9N.2ClH.Zr/c1-2-4-5-3-1;1-4(2)3;;;/h1-3H,4H2;1-3H3;2*1H;. The second-order valence-electron chi connectivity index (χ2n) is 2.67. The molecule has 0 aliphatic heterocycles. The van der Waals surface area contributed by atoms with E-state index >= 15 is 0 Å². The van der Waals surface area contributed by atoms with Crippen LogP contribution < -0.4 is 0 Å². The van der Waals surface area contributed by atoms with Gasteiger partial charge in [0, 0.05) is 0 Å². The number of nitrogens with zero attached hydrogens (tertiary/aromatic N) is 1. The molecule has 1 rings (SSSR count). The summed E-state index contributed by atoms with van der Waals surface area (Å²) in [5.41, 5.74) is 0. The van der Waals surface area contributed by atoms with Crippen molar-refractivity contribution in [1.29, 1.82) is 0 Å². The Kier molecular flexibility index (Phi) is 18.5. The molecule has 1 aliphatic rings. The summed E-state index contributed by atoms with van der Waals surface area (Å²) in [7, 11) is 6.00. The summed E-state index contributed by atoms with van der Waals surface area (Å²) >= 11 is 1.56. The van der Waals surface area contributed by atoms with Gasteiger partial charge in [0.2, 0.25) is 0 Å². The van der Waals surface area contributed by atoms with E-state index in [-0.39, 0.29) is 24.8 Å². The molecule has 1 aliphatic carbocycles. The molecule has 0 unspecified atom stereocenters. The van der Waals surface area contributed by atoms with Gasteiger partial charge in [0.05, 0.1) is 0 Å². The molecular weight excluding hydrogens is 272 g/mol. The molecule has 0 saturated carbocycles. The molecular formula is C8H16Cl2NZr. The molecule has 0 aromatic heterocycles. The summed E-state index contributed by atoms with van der Waals surface area (Å²) in [6.07, 6.45) is 7.69. The summed E-state index contributed by atoms with van der Waals surface area (Å²) in [5, 5.41) is 0. The van der Waals surface area contributed by atoms with Crippen molar-refractivity contribution in [3.8, 4) is 0 Å². The number of allylic oxidation sites excluding steroid dienone is 4. The molecule has 0 N–H and O–H groups in total. The molecule has 4 heteroatoms. The molecule has 0 amide bonds. The first-order chi connectivity index (χ1) is 4.63. The van der Waals surface area contributed by atoms with Gasteiger partial charge in [0.1, 0.15) is 0 Å². The Morgan fingerprint density at radius 3 is 1.75 bits per heavy atom. The molecule has 0 radical (unpaired) electrons. The number of halogens is 2. The number of hydrogen-bond donors (Lipinski definition) is 0. The average Bonchev–Trinajstić information content (AvgIpc) is 2.15. The summed E-state index contributed by atoms with van der Waals surface area (Å²) < 4.78 is 1.56. The van der Waals surface area contributed by atoms with Crippen molar-refractivity contribution in [2.45, 2.75) is 6.42 Å². The van der Waals surface area contributed by atoms with Crippen LogP contribution >= 0.6 is 24.8 Å². The van der Waals surface area contributed by atoms with Crippen LogP contribution in [0.1, 0.15) is 6.42 Å². The van der Waals surface area contributed by atoms with Crippen LogP contribution in [0.25, 0.3) is 0 Å². The van der Waals surface area contributed by atoms with E-state index in [1.54, 1.807) is 28.0 Å². The van der Waals surface area contributed by atoms with Crippen molar-refractivity contribution in [3.63, 3.8) is 0 Å². The van der Waals surface area contributed by atoms with Gasteiger partial charge in [-0.25, -0.2) is 0 Å². The second kappa shape index (κ2) is 11.9. The van der Waals surface area contributed by atoms with E-state index in [4.69, 9.17) is 0 Å². The van der Waals surface area contributed by atoms with Gasteiger partial charge in [-0.1, -0.05) is 0 Å². The zero-order valence-electron chi connectivity index (χ0n) is 7.70. The van der Waals surface area contributed by atoms with Crippen LogP contribution in [0.15, 0.2) is 21.5 Å². The number of hydrogen-bond acceptors (Lipinski definition) is 1. The zero-order chi connectivity index (χ0) is 7.98. The van der Waals surface area contributed by atoms with Crippen molar-refractivity contribution < 1.29 is 24.7 Å². The van der Waals surface area contributed by atoms with Crippen molar-refractivity contribution in [2.24, 2.45) is 0 Å². The van der Waals surface area contributed by atoms with Crippen LogP contribution in [0.5, 0.6) is 0 Å². The molecule has 0 saturated heterocycles. The van der Waals surface area contributed by atoms with Gasteiger partial charge in [-0.3, -0.25) is 0 Å². The molecule has 0 bridgehead atoms. The molecule has 0 spiro atoms. The topological polar surface area (TPSA) is 3.24 Å². The third-order valence-corrected chi connectivity index (χ3v) is 1.68. The average molecular weight is 288 g/mol. The fourth-order valence-electron chi connectivity index (χ4n) is 0.447. The first kappa shape index (κ1) is 18.6. The molecule has 0 aromatic carbocycles. The Bertz CT molecular complexity index is 141. The normalized spacial score (nSPS) is 12.1. The predicted molar refractivity (Wildman–Crippen MR) is 55.9 cm³/mol. The zero-order valence-corrected chi connectivity index (χ0v) is 11.8. The van der Waals surface area contributed by atoms with Crippen molar-refractivity contribution >= 4 is 24.8 Å². The van der Waals surface area contributed by atoms with Gasteiger partial charge < -0.3 is 4.90 Å². The van der Waals surface area contributed by atoms with Gasteiger partial charge in [-0.05, 0) is 21.1 Å². The van der Waals surface area contributed by atoms with E-state index in [1.807, 2.05) is 26.0 Å². The Labute approximate surface area is 103 Å². The third-order valence-electron chi connectivity index (χ3n) is 0.771. The van der Waals surface area contributed by atoms with E-state index in [2.05, 4.69) is 18.2 Å². The van der Waals surface area contributed by atoms with Crippen LogP contribution in [0.2, 0.25) is 0 Å². The van der Waals surface area contributed by atoms with Crippen molar-refractivity contribution in [1.82, 2.24) is 4.90 Å². The van der Waals surface area contributed by atoms with Crippen LogP contribution in [0, 0.1) is 0 Å². The van der Waals surface area contributed by atoms with Crippen LogP contribution in [0.4, 0.5) is 0 Å². The molecule has 0 heterocycles. The Balaban J connectivity index is -0.000000124. The minimum atomic E-state index is 0. The minimum absolute atomic E-state index is 0. The first-order valence-electron chi connectivity index (χ1n) is 3.31. The fraction of sp³-hybridized carbons (Fsp3) is 0.500. The monoisotopic (exact) mass is 286 g/mol. The second-order valence-corrected chi connectivity index (χ2v) is 4.24. The van der Waals surface area contributed by atoms with Gasteiger partial charge >= 0.3 is 52.6 Å². The van der Waals surface area contributed by atoms with E-state index in [0.717, 1.165) is 0 Å². The molecule has 1 nitrogen and oxygen atoms in total. The van der Waals surface area contributed by atoms with Crippen LogP contribution in [0.3, 0.4) is 0 Å². The van der Waals surface area contributed by atoms with Crippen molar-refractivity contribution in [2.75, 3.05) is 21.1 Å². The maximum atomic E-state index is 2.18. The van der Waals surface area contributed by atoms with E-state index in [1.165, 1.54) is 6.42 Å². The van der Waals surface area contributed by atoms with Gasteiger partial charge in [0.15, 0.2) is 0 Å². The summed E-state index contributed by atoms with van der Waals surface area (Å²) in [5.74, 6) is 0. The quantitative estimate of drug-likeness (QED) is 0.661. The summed E-state index contributed by atoms with van der Waals surface area (Å²) in [4.78, 5) is 2.00.